The van der Waals surface area contributed by atoms with Gasteiger partial charge in [-0.15, -0.1) is 0 Å². The van der Waals surface area contributed by atoms with E-state index in [9.17, 15) is 4.79 Å². The summed E-state index contributed by atoms with van der Waals surface area (Å²) in [4.78, 5) is 18.4. The summed E-state index contributed by atoms with van der Waals surface area (Å²) in [5.41, 5.74) is 3.26. The average Bonchev–Trinajstić information content (AvgIpc) is 2.78. The standard InChI is InChI=1S/C24H22N4O2/c1-28-22(29)14-24(27-23(28)25)13-21(16-6-3-2-4-7-16)30-20-10-9-17(12-19(20)24)18-8-5-11-26-15-18/h2-12,15,21H,13-14H2,1H3,(H2,25,27). The van der Waals surface area contributed by atoms with Crippen LogP contribution in [-0.2, 0) is 10.3 Å². The Morgan fingerprint density at radius 3 is 2.70 bits per heavy atom. The lowest BCUT2D eigenvalue weighted by molar-refractivity contribution is -0.130. The van der Waals surface area contributed by atoms with Gasteiger partial charge in [0.25, 0.3) is 0 Å². The van der Waals surface area contributed by atoms with Crippen LogP contribution >= 0.6 is 0 Å². The fraction of sp³-hybridized carbons (Fsp3) is 0.208. The third-order valence-electron chi connectivity index (χ3n) is 5.98. The van der Waals surface area contributed by atoms with Crippen molar-refractivity contribution in [2.45, 2.75) is 24.5 Å². The van der Waals surface area contributed by atoms with Gasteiger partial charge in [0.05, 0.1) is 12.0 Å². The van der Waals surface area contributed by atoms with E-state index in [-0.39, 0.29) is 24.4 Å². The molecule has 6 nitrogen and oxygen atoms in total. The predicted molar refractivity (Wildman–Crippen MR) is 114 cm³/mol. The highest BCUT2D eigenvalue weighted by Crippen LogP contribution is 2.48. The summed E-state index contributed by atoms with van der Waals surface area (Å²) in [6.07, 6.45) is 4.18. The molecule has 0 radical (unpaired) electrons. The van der Waals surface area contributed by atoms with Gasteiger partial charge in [0.15, 0.2) is 5.96 Å². The van der Waals surface area contributed by atoms with Gasteiger partial charge in [-0.05, 0) is 29.3 Å². The lowest BCUT2D eigenvalue weighted by atomic mass is 9.76. The average molecular weight is 398 g/mol. The van der Waals surface area contributed by atoms with Crippen molar-refractivity contribution in [3.63, 3.8) is 0 Å². The Balaban J connectivity index is 1.64. The highest BCUT2D eigenvalue weighted by molar-refractivity contribution is 5.99. The van der Waals surface area contributed by atoms with Crippen LogP contribution < -0.4 is 10.1 Å². The van der Waals surface area contributed by atoms with Crippen LogP contribution in [0.15, 0.2) is 73.1 Å². The van der Waals surface area contributed by atoms with E-state index in [0.29, 0.717) is 6.42 Å². The quantitative estimate of drug-likeness (QED) is 0.687. The summed E-state index contributed by atoms with van der Waals surface area (Å²) in [6.45, 7) is 0. The zero-order valence-electron chi connectivity index (χ0n) is 16.6. The highest BCUT2D eigenvalue weighted by atomic mass is 16.5. The Kier molecular flexibility index (Phi) is 4.28. The second-order valence-electron chi connectivity index (χ2n) is 7.86. The minimum Gasteiger partial charge on any atom is -0.485 e. The number of nitrogens with one attached hydrogen (secondary N) is 2. The number of hydrogen-bond donors (Lipinski definition) is 2. The SMILES string of the molecule is CN1C(=N)NC2(CC1=O)CC(c1ccccc1)Oc1ccc(-c3cccnc3)cc12. The Bertz CT molecular complexity index is 1100. The van der Waals surface area contributed by atoms with Crippen LogP contribution in [0.5, 0.6) is 5.75 Å². The van der Waals surface area contributed by atoms with Gasteiger partial charge in [-0.1, -0.05) is 42.5 Å². The minimum atomic E-state index is -0.701. The number of benzene rings is 2. The Morgan fingerprint density at radius 1 is 1.13 bits per heavy atom. The predicted octanol–water partition coefficient (Wildman–Crippen LogP) is 3.85. The van der Waals surface area contributed by atoms with Crippen molar-refractivity contribution in [2.75, 3.05) is 7.05 Å². The molecule has 1 amide bonds. The Labute approximate surface area is 175 Å². The van der Waals surface area contributed by atoms with Crippen LogP contribution in [0.25, 0.3) is 11.1 Å². The molecule has 1 aromatic heterocycles. The summed E-state index contributed by atoms with van der Waals surface area (Å²) in [5, 5.41) is 11.7. The molecule has 2 N–H and O–H groups in total. The smallest absolute Gasteiger partial charge is 0.231 e. The van der Waals surface area contributed by atoms with Crippen LogP contribution in [0, 0.1) is 5.41 Å². The first-order valence-electron chi connectivity index (χ1n) is 9.96. The van der Waals surface area contributed by atoms with Crippen molar-refractivity contribution in [3.8, 4) is 16.9 Å². The molecule has 1 spiro atoms. The molecular formula is C24H22N4O2. The molecule has 2 atom stereocenters. The number of hydrogen-bond acceptors (Lipinski definition) is 4. The molecule has 150 valence electrons. The minimum absolute atomic E-state index is 0.0785. The van der Waals surface area contributed by atoms with Gasteiger partial charge in [-0.3, -0.25) is 20.1 Å². The van der Waals surface area contributed by atoms with Gasteiger partial charge >= 0.3 is 0 Å². The van der Waals surface area contributed by atoms with Gasteiger partial charge in [0.1, 0.15) is 11.9 Å². The number of carbonyl (C=O) groups excluding carboxylic acids is 1. The summed E-state index contributed by atoms with van der Waals surface area (Å²) in [6, 6.07) is 20.0. The number of carbonyl (C=O) groups is 1. The van der Waals surface area contributed by atoms with Crippen molar-refractivity contribution in [1.29, 1.82) is 5.41 Å². The number of aromatic nitrogens is 1. The first-order chi connectivity index (χ1) is 14.6. The molecule has 30 heavy (non-hydrogen) atoms. The second kappa shape index (κ2) is 6.99. The number of amides is 1. The maximum atomic E-state index is 12.8. The van der Waals surface area contributed by atoms with E-state index >= 15 is 0 Å². The Hall–Kier alpha value is -3.67. The lowest BCUT2D eigenvalue weighted by Gasteiger charge is -2.47. The van der Waals surface area contributed by atoms with E-state index in [1.165, 1.54) is 4.90 Å². The summed E-state index contributed by atoms with van der Waals surface area (Å²) >= 11 is 0. The first-order valence-corrected chi connectivity index (χ1v) is 9.96. The maximum absolute atomic E-state index is 12.8. The van der Waals surface area contributed by atoms with Crippen LogP contribution in [-0.4, -0.2) is 28.8 Å². The molecule has 0 aliphatic carbocycles. The number of guanidine groups is 1. The number of ether oxygens (including phenoxy) is 1. The van der Waals surface area contributed by atoms with Gasteiger partial charge in [-0.25, -0.2) is 0 Å². The Morgan fingerprint density at radius 2 is 1.97 bits per heavy atom. The van der Waals surface area contributed by atoms with E-state index in [4.69, 9.17) is 10.1 Å². The molecule has 2 aliphatic heterocycles. The van der Waals surface area contributed by atoms with Crippen molar-refractivity contribution < 1.29 is 9.53 Å². The van der Waals surface area contributed by atoms with Gasteiger partial charge in [0.2, 0.25) is 5.91 Å². The number of fused-ring (bicyclic) bond motifs is 2. The number of nitrogens with zero attached hydrogens (tertiary/aromatic N) is 2. The third-order valence-corrected chi connectivity index (χ3v) is 5.98. The summed E-state index contributed by atoms with van der Waals surface area (Å²) in [7, 11) is 1.63. The second-order valence-corrected chi connectivity index (χ2v) is 7.86. The highest BCUT2D eigenvalue weighted by Gasteiger charge is 2.48. The third kappa shape index (κ3) is 3.01. The van der Waals surface area contributed by atoms with Crippen LogP contribution in [0.4, 0.5) is 0 Å². The van der Waals surface area contributed by atoms with Crippen molar-refractivity contribution in [1.82, 2.24) is 15.2 Å². The van der Waals surface area contributed by atoms with Gasteiger partial charge < -0.3 is 10.1 Å². The largest absolute Gasteiger partial charge is 0.485 e. The fourth-order valence-electron chi connectivity index (χ4n) is 4.34. The number of pyridine rings is 1. The summed E-state index contributed by atoms with van der Waals surface area (Å²) in [5.74, 6) is 0.767. The molecule has 2 aromatic carbocycles. The molecule has 3 heterocycles. The van der Waals surface area contributed by atoms with E-state index in [1.807, 2.05) is 60.8 Å². The molecule has 1 fully saturated rings. The monoisotopic (exact) mass is 398 g/mol. The van der Waals surface area contributed by atoms with E-state index in [0.717, 1.165) is 28.0 Å². The first kappa shape index (κ1) is 18.4. The normalized spacial score (nSPS) is 23.0. The van der Waals surface area contributed by atoms with Gasteiger partial charge in [0, 0.05) is 37.0 Å². The summed E-state index contributed by atoms with van der Waals surface area (Å²) < 4.78 is 6.38. The molecule has 2 aliphatic rings. The van der Waals surface area contributed by atoms with Crippen LogP contribution in [0.3, 0.4) is 0 Å². The molecule has 1 saturated heterocycles. The van der Waals surface area contributed by atoms with E-state index in [2.05, 4.69) is 16.4 Å². The zero-order chi connectivity index (χ0) is 20.7. The molecule has 5 rings (SSSR count). The lowest BCUT2D eigenvalue weighted by Crippen LogP contribution is -2.61. The molecule has 0 saturated carbocycles. The molecular weight excluding hydrogens is 376 g/mol. The van der Waals surface area contributed by atoms with Crippen molar-refractivity contribution in [3.05, 3.63) is 84.2 Å². The van der Waals surface area contributed by atoms with Gasteiger partial charge in [-0.2, -0.15) is 0 Å². The molecule has 2 unspecified atom stereocenters. The molecule has 6 heteroatoms. The zero-order valence-corrected chi connectivity index (χ0v) is 16.6. The fourth-order valence-corrected chi connectivity index (χ4v) is 4.34. The van der Waals surface area contributed by atoms with E-state index in [1.54, 1.807) is 13.2 Å². The number of rotatable bonds is 2. The van der Waals surface area contributed by atoms with Crippen molar-refractivity contribution in [2.24, 2.45) is 0 Å². The van der Waals surface area contributed by atoms with Crippen LogP contribution in [0.1, 0.15) is 30.1 Å². The van der Waals surface area contributed by atoms with Crippen molar-refractivity contribution >= 4 is 11.9 Å². The van der Waals surface area contributed by atoms with E-state index < -0.39 is 5.54 Å². The molecule has 3 aromatic rings. The van der Waals surface area contributed by atoms with Crippen LogP contribution in [0.2, 0.25) is 0 Å². The molecule has 0 bridgehead atoms. The maximum Gasteiger partial charge on any atom is 0.231 e. The topological polar surface area (TPSA) is 78.3 Å².